The van der Waals surface area contributed by atoms with Crippen molar-refractivity contribution < 1.29 is 9.53 Å². The second-order valence-corrected chi connectivity index (χ2v) is 4.83. The third-order valence-corrected chi connectivity index (χ3v) is 3.38. The summed E-state index contributed by atoms with van der Waals surface area (Å²) in [6.45, 7) is -0.0112. The van der Waals surface area contributed by atoms with E-state index in [0.717, 1.165) is 18.4 Å². The van der Waals surface area contributed by atoms with Gasteiger partial charge in [-0.25, -0.2) is 0 Å². The molecule has 1 aliphatic rings. The first-order valence-electron chi connectivity index (χ1n) is 6.59. The highest BCUT2D eigenvalue weighted by molar-refractivity contribution is 5.90. The number of methoxy groups -OCH3 is 1. The number of H-pyrrole nitrogens is 1. The Balaban J connectivity index is 1.78. The molecule has 0 bridgehead atoms. The van der Waals surface area contributed by atoms with E-state index in [-0.39, 0.29) is 18.5 Å². The van der Waals surface area contributed by atoms with E-state index >= 15 is 0 Å². The zero-order valence-corrected chi connectivity index (χ0v) is 11.3. The van der Waals surface area contributed by atoms with Gasteiger partial charge in [0.15, 0.2) is 5.82 Å². The monoisotopic (exact) mass is 272 g/mol. The van der Waals surface area contributed by atoms with E-state index in [1.54, 1.807) is 0 Å². The molecule has 20 heavy (non-hydrogen) atoms. The molecular formula is C14H16N4O2. The number of aryl methyl sites for hydroxylation is 2. The molecule has 1 heterocycles. The molecular weight excluding hydrogens is 256 g/mol. The van der Waals surface area contributed by atoms with Crippen molar-refractivity contribution in [2.75, 3.05) is 19.0 Å². The van der Waals surface area contributed by atoms with Crippen LogP contribution in [0.1, 0.15) is 17.5 Å². The lowest BCUT2D eigenvalue weighted by Gasteiger charge is -2.01. The lowest BCUT2D eigenvalue weighted by Crippen LogP contribution is -2.17. The van der Waals surface area contributed by atoms with E-state index < -0.39 is 0 Å². The molecule has 1 aromatic heterocycles. The fraction of sp³-hybridized carbons (Fsp3) is 0.357. The first-order chi connectivity index (χ1) is 9.76. The van der Waals surface area contributed by atoms with Gasteiger partial charge in [-0.05, 0) is 36.5 Å². The largest absolute Gasteiger partial charge is 0.375 e. The minimum absolute atomic E-state index is 0.0112. The Kier molecular flexibility index (Phi) is 3.47. The maximum atomic E-state index is 11.4. The molecule has 0 fully saturated rings. The first-order valence-corrected chi connectivity index (χ1v) is 6.59. The number of amides is 1. The molecule has 1 aliphatic carbocycles. The van der Waals surface area contributed by atoms with Crippen LogP contribution in [0.3, 0.4) is 0 Å². The highest BCUT2D eigenvalue weighted by atomic mass is 16.5. The lowest BCUT2D eigenvalue weighted by molar-refractivity contribution is -0.119. The summed E-state index contributed by atoms with van der Waals surface area (Å²) >= 11 is 0. The fourth-order valence-electron chi connectivity index (χ4n) is 2.46. The summed E-state index contributed by atoms with van der Waals surface area (Å²) in [5, 5.41) is 9.40. The smallest absolute Gasteiger partial charge is 0.252 e. The van der Waals surface area contributed by atoms with Gasteiger partial charge in [-0.2, -0.15) is 4.98 Å². The number of anilines is 1. The Morgan fingerprint density at radius 2 is 2.25 bits per heavy atom. The molecule has 2 aromatic rings. The molecule has 2 N–H and O–H groups in total. The number of carbonyl (C=O) groups is 1. The average molecular weight is 272 g/mol. The molecule has 6 nitrogen and oxygen atoms in total. The summed E-state index contributed by atoms with van der Waals surface area (Å²) in [5.41, 5.74) is 3.79. The molecule has 6 heteroatoms. The number of hydrogen-bond acceptors (Lipinski definition) is 4. The van der Waals surface area contributed by atoms with Crippen LogP contribution < -0.4 is 5.32 Å². The zero-order chi connectivity index (χ0) is 13.9. The Morgan fingerprint density at radius 1 is 1.40 bits per heavy atom. The molecule has 0 radical (unpaired) electrons. The Morgan fingerprint density at radius 3 is 3.10 bits per heavy atom. The second kappa shape index (κ2) is 5.42. The normalized spacial score (nSPS) is 13.2. The number of nitrogens with one attached hydrogen (secondary N) is 2. The van der Waals surface area contributed by atoms with Crippen molar-refractivity contribution >= 4 is 11.9 Å². The number of ether oxygens (including phenoxy) is 1. The predicted octanol–water partition coefficient (Wildman–Crippen LogP) is 1.55. The van der Waals surface area contributed by atoms with Crippen LogP contribution in [0.25, 0.3) is 11.4 Å². The van der Waals surface area contributed by atoms with Gasteiger partial charge in [0.25, 0.3) is 5.91 Å². The maximum absolute atomic E-state index is 11.4. The Labute approximate surface area is 116 Å². The molecule has 0 saturated carbocycles. The highest BCUT2D eigenvalue weighted by Crippen LogP contribution is 2.26. The summed E-state index contributed by atoms with van der Waals surface area (Å²) in [6, 6.07) is 6.32. The van der Waals surface area contributed by atoms with E-state index in [2.05, 4.69) is 32.6 Å². The van der Waals surface area contributed by atoms with Crippen molar-refractivity contribution in [3.63, 3.8) is 0 Å². The van der Waals surface area contributed by atoms with Gasteiger partial charge >= 0.3 is 0 Å². The van der Waals surface area contributed by atoms with E-state index in [9.17, 15) is 4.79 Å². The second-order valence-electron chi connectivity index (χ2n) is 4.83. The SMILES string of the molecule is COCC(=O)Nc1n[nH]c(-c2ccc3c(c2)CCC3)n1. The summed E-state index contributed by atoms with van der Waals surface area (Å²) in [6.07, 6.45) is 3.49. The van der Waals surface area contributed by atoms with Crippen molar-refractivity contribution in [1.82, 2.24) is 15.2 Å². The molecule has 0 aliphatic heterocycles. The van der Waals surface area contributed by atoms with Crippen LogP contribution in [0, 0.1) is 0 Å². The predicted molar refractivity (Wildman–Crippen MR) is 74.3 cm³/mol. The van der Waals surface area contributed by atoms with Crippen molar-refractivity contribution in [3.8, 4) is 11.4 Å². The van der Waals surface area contributed by atoms with Gasteiger partial charge in [0.1, 0.15) is 6.61 Å². The van der Waals surface area contributed by atoms with Crippen LogP contribution in [0.15, 0.2) is 18.2 Å². The zero-order valence-electron chi connectivity index (χ0n) is 11.3. The van der Waals surface area contributed by atoms with Gasteiger partial charge in [-0.3, -0.25) is 15.2 Å². The fourth-order valence-corrected chi connectivity index (χ4v) is 2.46. The Hall–Kier alpha value is -2.21. The van der Waals surface area contributed by atoms with E-state index in [4.69, 9.17) is 4.74 Å². The third-order valence-electron chi connectivity index (χ3n) is 3.38. The number of hydrogen-bond donors (Lipinski definition) is 2. The number of aromatic amines is 1. The summed E-state index contributed by atoms with van der Waals surface area (Å²) in [5.74, 6) is 0.655. The lowest BCUT2D eigenvalue weighted by atomic mass is 10.1. The number of fused-ring (bicyclic) bond motifs is 1. The summed E-state index contributed by atoms with van der Waals surface area (Å²) < 4.78 is 4.74. The van der Waals surface area contributed by atoms with Crippen molar-refractivity contribution in [1.29, 1.82) is 0 Å². The van der Waals surface area contributed by atoms with Crippen LogP contribution in [0.4, 0.5) is 5.95 Å². The highest BCUT2D eigenvalue weighted by Gasteiger charge is 2.13. The number of aromatic nitrogens is 3. The van der Waals surface area contributed by atoms with E-state index in [0.29, 0.717) is 5.82 Å². The average Bonchev–Trinajstić information content (AvgIpc) is 3.06. The molecule has 0 spiro atoms. The molecule has 1 amide bonds. The molecule has 0 saturated heterocycles. The van der Waals surface area contributed by atoms with E-state index in [1.807, 2.05) is 6.07 Å². The number of rotatable bonds is 4. The minimum atomic E-state index is -0.271. The quantitative estimate of drug-likeness (QED) is 0.885. The van der Waals surface area contributed by atoms with Crippen LogP contribution >= 0.6 is 0 Å². The van der Waals surface area contributed by atoms with E-state index in [1.165, 1.54) is 24.7 Å². The summed E-state index contributed by atoms with van der Waals surface area (Å²) in [4.78, 5) is 15.7. The van der Waals surface area contributed by atoms with Gasteiger partial charge in [0.2, 0.25) is 5.95 Å². The molecule has 0 atom stereocenters. The molecule has 1 aromatic carbocycles. The molecule has 3 rings (SSSR count). The topological polar surface area (TPSA) is 79.9 Å². The number of carbonyl (C=O) groups excluding carboxylic acids is 1. The summed E-state index contributed by atoms with van der Waals surface area (Å²) in [7, 11) is 1.47. The standard InChI is InChI=1S/C14H16N4O2/c1-20-8-12(19)15-14-16-13(17-18-14)11-6-5-9-3-2-4-10(9)7-11/h5-7H,2-4,8H2,1H3,(H2,15,16,17,18,19). The van der Waals surface area contributed by atoms with Crippen LogP contribution in [-0.4, -0.2) is 34.8 Å². The minimum Gasteiger partial charge on any atom is -0.375 e. The maximum Gasteiger partial charge on any atom is 0.252 e. The number of nitrogens with zero attached hydrogens (tertiary/aromatic N) is 2. The van der Waals surface area contributed by atoms with Crippen LogP contribution in [0.2, 0.25) is 0 Å². The van der Waals surface area contributed by atoms with Gasteiger partial charge in [-0.1, -0.05) is 12.1 Å². The molecule has 0 unspecified atom stereocenters. The van der Waals surface area contributed by atoms with Gasteiger partial charge in [0.05, 0.1) is 0 Å². The van der Waals surface area contributed by atoms with Gasteiger partial charge < -0.3 is 4.74 Å². The third kappa shape index (κ3) is 2.55. The first kappa shape index (κ1) is 12.8. The van der Waals surface area contributed by atoms with Crippen LogP contribution in [0.5, 0.6) is 0 Å². The van der Waals surface area contributed by atoms with Gasteiger partial charge in [-0.15, -0.1) is 5.10 Å². The molecule has 104 valence electrons. The van der Waals surface area contributed by atoms with Crippen molar-refractivity contribution in [2.24, 2.45) is 0 Å². The Bertz CT molecular complexity index is 636. The number of benzene rings is 1. The van der Waals surface area contributed by atoms with Crippen LogP contribution in [-0.2, 0) is 22.4 Å². The van der Waals surface area contributed by atoms with Crippen molar-refractivity contribution in [3.05, 3.63) is 29.3 Å². The van der Waals surface area contributed by atoms with Gasteiger partial charge in [0, 0.05) is 12.7 Å². The van der Waals surface area contributed by atoms with Crippen molar-refractivity contribution in [2.45, 2.75) is 19.3 Å².